The molecule has 0 radical (unpaired) electrons. The Balaban J connectivity index is 1.73. The van der Waals surface area contributed by atoms with Gasteiger partial charge in [0.1, 0.15) is 6.33 Å². The van der Waals surface area contributed by atoms with E-state index in [1.165, 1.54) is 28.8 Å². The maximum Gasteiger partial charge on any atom is 0.417 e. The van der Waals surface area contributed by atoms with E-state index in [9.17, 15) is 13.2 Å². The van der Waals surface area contributed by atoms with Crippen molar-refractivity contribution in [2.24, 2.45) is 0 Å². The van der Waals surface area contributed by atoms with Crippen LogP contribution >= 0.6 is 0 Å². The molecule has 0 bridgehead atoms. The fourth-order valence-corrected chi connectivity index (χ4v) is 4.13. The molecule has 1 aliphatic rings. The monoisotopic (exact) mass is 332 g/mol. The summed E-state index contributed by atoms with van der Waals surface area (Å²) >= 11 is 0. The molecular weight excluding hydrogens is 320 g/mol. The molecule has 3 heterocycles. The van der Waals surface area contributed by atoms with Crippen LogP contribution in [0.15, 0.2) is 44.8 Å². The molecule has 1 N–H and O–H groups in total. The normalized spacial score (nSPS) is 15.7. The average molecular weight is 332 g/mol. The van der Waals surface area contributed by atoms with E-state index in [0.29, 0.717) is 24.1 Å². The molecule has 2 aromatic heterocycles. The van der Waals surface area contributed by atoms with Gasteiger partial charge in [-0.15, -0.1) is 0 Å². The third kappa shape index (κ3) is 2.34. The van der Waals surface area contributed by atoms with Crippen molar-refractivity contribution in [2.45, 2.75) is 17.9 Å². The minimum absolute atomic E-state index is 0.113. The van der Waals surface area contributed by atoms with Gasteiger partial charge in [0, 0.05) is 37.0 Å². The van der Waals surface area contributed by atoms with Crippen molar-refractivity contribution in [1.82, 2.24) is 19.3 Å². The van der Waals surface area contributed by atoms with Crippen molar-refractivity contribution in [3.8, 4) is 0 Å². The van der Waals surface area contributed by atoms with E-state index in [-0.39, 0.29) is 11.4 Å². The van der Waals surface area contributed by atoms with Gasteiger partial charge in [-0.25, -0.2) is 23.2 Å². The number of aromatic amines is 1. The van der Waals surface area contributed by atoms with E-state index in [2.05, 4.69) is 15.0 Å². The number of fused-ring (bicyclic) bond motifs is 2. The second-order valence-electron chi connectivity index (χ2n) is 5.26. The number of H-pyrrole nitrogens is 1. The van der Waals surface area contributed by atoms with E-state index in [1.807, 2.05) is 0 Å². The van der Waals surface area contributed by atoms with Crippen molar-refractivity contribution in [3.05, 3.63) is 52.5 Å². The van der Waals surface area contributed by atoms with Crippen LogP contribution < -0.4 is 5.76 Å². The molecule has 0 amide bonds. The summed E-state index contributed by atoms with van der Waals surface area (Å²) in [6, 6.07) is 4.32. The number of aromatic nitrogens is 3. The van der Waals surface area contributed by atoms with Crippen molar-refractivity contribution in [1.29, 1.82) is 0 Å². The zero-order valence-corrected chi connectivity index (χ0v) is 12.7. The van der Waals surface area contributed by atoms with E-state index >= 15 is 0 Å². The largest absolute Gasteiger partial charge is 0.417 e. The van der Waals surface area contributed by atoms with Gasteiger partial charge in [0.15, 0.2) is 5.58 Å². The Morgan fingerprint density at radius 2 is 2.17 bits per heavy atom. The summed E-state index contributed by atoms with van der Waals surface area (Å²) in [5.74, 6) is -0.612. The van der Waals surface area contributed by atoms with Crippen LogP contribution in [0.3, 0.4) is 0 Å². The van der Waals surface area contributed by atoms with Crippen molar-refractivity contribution in [2.75, 3.05) is 6.54 Å². The predicted octanol–water partition coefficient (Wildman–Crippen LogP) is 0.658. The van der Waals surface area contributed by atoms with Crippen molar-refractivity contribution in [3.63, 3.8) is 0 Å². The average Bonchev–Trinajstić information content (AvgIpc) is 2.93. The molecule has 8 nitrogen and oxygen atoms in total. The summed E-state index contributed by atoms with van der Waals surface area (Å²) in [5.41, 5.74) is 2.37. The third-order valence-electron chi connectivity index (χ3n) is 3.85. The van der Waals surface area contributed by atoms with E-state index in [0.717, 1.165) is 11.3 Å². The Labute approximate surface area is 130 Å². The van der Waals surface area contributed by atoms with Gasteiger partial charge in [-0.05, 0) is 18.2 Å². The molecule has 4 rings (SSSR count). The Morgan fingerprint density at radius 3 is 3.04 bits per heavy atom. The SMILES string of the molecule is O=c1[nH]c2cc(S(=O)(=O)N3CCc4ncncc4C3)ccc2o1. The number of nitrogens with zero attached hydrogens (tertiary/aromatic N) is 3. The fraction of sp³-hybridized carbons (Fsp3) is 0.214. The summed E-state index contributed by atoms with van der Waals surface area (Å²) in [7, 11) is -3.67. The molecule has 3 aromatic rings. The molecule has 0 saturated carbocycles. The minimum atomic E-state index is -3.67. The summed E-state index contributed by atoms with van der Waals surface area (Å²) in [4.78, 5) is 21.9. The van der Waals surface area contributed by atoms with Crippen LogP contribution in [0.2, 0.25) is 0 Å². The zero-order valence-electron chi connectivity index (χ0n) is 11.9. The molecule has 0 spiro atoms. The van der Waals surface area contributed by atoms with E-state index in [4.69, 9.17) is 4.42 Å². The molecule has 23 heavy (non-hydrogen) atoms. The van der Waals surface area contributed by atoms with Gasteiger partial charge in [-0.3, -0.25) is 4.98 Å². The molecule has 118 valence electrons. The third-order valence-corrected chi connectivity index (χ3v) is 5.70. The summed E-state index contributed by atoms with van der Waals surface area (Å²) in [6.07, 6.45) is 3.65. The van der Waals surface area contributed by atoms with Gasteiger partial charge in [0.25, 0.3) is 0 Å². The first-order valence-electron chi connectivity index (χ1n) is 6.95. The first kappa shape index (κ1) is 14.1. The molecule has 0 unspecified atom stereocenters. The summed E-state index contributed by atoms with van der Waals surface area (Å²) in [5, 5.41) is 0. The maximum atomic E-state index is 12.8. The van der Waals surface area contributed by atoms with Gasteiger partial charge in [0.05, 0.1) is 10.4 Å². The lowest BCUT2D eigenvalue weighted by molar-refractivity contribution is 0.387. The predicted molar refractivity (Wildman–Crippen MR) is 80.2 cm³/mol. The molecule has 1 aliphatic heterocycles. The molecule has 0 saturated heterocycles. The summed E-state index contributed by atoms with van der Waals surface area (Å²) < 4.78 is 31.9. The number of rotatable bonds is 2. The fourth-order valence-electron chi connectivity index (χ4n) is 2.69. The standard InChI is InChI=1S/C14H12N4O4S/c19-14-17-12-5-10(1-2-13(12)22-14)23(20,21)18-4-3-11-9(7-18)6-15-8-16-11/h1-2,5-6,8H,3-4,7H2,(H,17,19). The van der Waals surface area contributed by atoms with Crippen LogP contribution in [0, 0.1) is 0 Å². The van der Waals surface area contributed by atoms with Gasteiger partial charge in [-0.2, -0.15) is 4.31 Å². The number of benzene rings is 1. The van der Waals surface area contributed by atoms with Crippen LogP contribution in [0.4, 0.5) is 0 Å². The second kappa shape index (κ2) is 5.00. The van der Waals surface area contributed by atoms with Gasteiger partial charge in [0.2, 0.25) is 10.0 Å². The molecular formula is C14H12N4O4S. The molecule has 0 fully saturated rings. The smallest absolute Gasteiger partial charge is 0.408 e. The highest BCUT2D eigenvalue weighted by molar-refractivity contribution is 7.89. The van der Waals surface area contributed by atoms with Crippen LogP contribution in [0.25, 0.3) is 11.1 Å². The van der Waals surface area contributed by atoms with Gasteiger partial charge < -0.3 is 4.42 Å². The Bertz CT molecular complexity index is 1050. The molecule has 9 heteroatoms. The van der Waals surface area contributed by atoms with E-state index < -0.39 is 15.8 Å². The Kier molecular flexibility index (Phi) is 3.06. The maximum absolute atomic E-state index is 12.8. The summed E-state index contributed by atoms with van der Waals surface area (Å²) in [6.45, 7) is 0.588. The topological polar surface area (TPSA) is 109 Å². The number of hydrogen-bond acceptors (Lipinski definition) is 6. The Hall–Kier alpha value is -2.52. The first-order valence-corrected chi connectivity index (χ1v) is 8.39. The lowest BCUT2D eigenvalue weighted by Gasteiger charge is -2.27. The first-order chi connectivity index (χ1) is 11.0. The van der Waals surface area contributed by atoms with Crippen LogP contribution in [0.5, 0.6) is 0 Å². The number of oxazole rings is 1. The van der Waals surface area contributed by atoms with Crippen molar-refractivity contribution >= 4 is 21.1 Å². The number of nitrogens with one attached hydrogen (secondary N) is 1. The van der Waals surface area contributed by atoms with Crippen LogP contribution in [-0.4, -0.2) is 34.2 Å². The van der Waals surface area contributed by atoms with Crippen molar-refractivity contribution < 1.29 is 12.8 Å². The molecule has 0 atom stereocenters. The van der Waals surface area contributed by atoms with Gasteiger partial charge in [-0.1, -0.05) is 0 Å². The number of hydrogen-bond donors (Lipinski definition) is 1. The second-order valence-corrected chi connectivity index (χ2v) is 7.19. The van der Waals surface area contributed by atoms with Crippen LogP contribution in [0.1, 0.15) is 11.3 Å². The van der Waals surface area contributed by atoms with Crippen LogP contribution in [-0.2, 0) is 23.0 Å². The highest BCUT2D eigenvalue weighted by atomic mass is 32.2. The quantitative estimate of drug-likeness (QED) is 0.738. The highest BCUT2D eigenvalue weighted by Gasteiger charge is 2.29. The zero-order chi connectivity index (χ0) is 16.0. The lowest BCUT2D eigenvalue weighted by atomic mass is 10.1. The van der Waals surface area contributed by atoms with E-state index in [1.54, 1.807) is 6.20 Å². The molecule has 1 aromatic carbocycles. The Morgan fingerprint density at radius 1 is 1.30 bits per heavy atom. The lowest BCUT2D eigenvalue weighted by Crippen LogP contribution is -2.36. The highest BCUT2D eigenvalue weighted by Crippen LogP contribution is 2.25. The number of sulfonamides is 1. The van der Waals surface area contributed by atoms with Gasteiger partial charge >= 0.3 is 5.76 Å². The molecule has 0 aliphatic carbocycles. The minimum Gasteiger partial charge on any atom is -0.408 e.